The molecule has 1 aromatic carbocycles. The Labute approximate surface area is 112 Å². The van der Waals surface area contributed by atoms with Gasteiger partial charge in [-0.1, -0.05) is 12.1 Å². The maximum absolute atomic E-state index is 8.94. The van der Waals surface area contributed by atoms with Crippen molar-refractivity contribution in [3.05, 3.63) is 30.1 Å². The number of nitrogens with zero attached hydrogens (tertiary/aromatic N) is 4. The van der Waals surface area contributed by atoms with Crippen LogP contribution < -0.4 is 0 Å². The number of hydrogen-bond acceptors (Lipinski definition) is 4. The minimum atomic E-state index is 0.346. The Balaban J connectivity index is 1.95. The molecule has 5 heteroatoms. The lowest BCUT2D eigenvalue weighted by molar-refractivity contribution is 0.0237. The summed E-state index contributed by atoms with van der Waals surface area (Å²) in [6.07, 6.45) is 0.346. The number of para-hydroxylation sites is 2. The van der Waals surface area contributed by atoms with E-state index in [4.69, 9.17) is 10.00 Å². The Morgan fingerprint density at radius 1 is 1.26 bits per heavy atom. The standard InChI is InChI=1S/C14H16N4O/c15-6-5-14-16-12-3-1-2-4-13(12)18(14)11-17-7-9-19-10-8-17/h1-4H,5,7-11H2. The Morgan fingerprint density at radius 2 is 2.05 bits per heavy atom. The van der Waals surface area contributed by atoms with Crippen molar-refractivity contribution in [2.75, 3.05) is 26.3 Å². The van der Waals surface area contributed by atoms with Gasteiger partial charge in [0.2, 0.25) is 0 Å². The molecule has 2 aromatic rings. The van der Waals surface area contributed by atoms with E-state index in [1.54, 1.807) is 0 Å². The molecule has 0 aliphatic carbocycles. The van der Waals surface area contributed by atoms with Gasteiger partial charge < -0.3 is 9.30 Å². The normalized spacial score (nSPS) is 16.6. The van der Waals surface area contributed by atoms with Crippen molar-refractivity contribution in [2.24, 2.45) is 0 Å². The summed E-state index contributed by atoms with van der Waals surface area (Å²) in [6, 6.07) is 10.2. The van der Waals surface area contributed by atoms with Gasteiger partial charge in [0.25, 0.3) is 0 Å². The predicted molar refractivity (Wildman–Crippen MR) is 71.4 cm³/mol. The van der Waals surface area contributed by atoms with Crippen molar-refractivity contribution in [2.45, 2.75) is 13.1 Å². The number of imidazole rings is 1. The maximum atomic E-state index is 8.94. The third-order valence-electron chi connectivity index (χ3n) is 3.42. The SMILES string of the molecule is N#CCc1nc2ccccc2n1CN1CCOCC1. The van der Waals surface area contributed by atoms with E-state index < -0.39 is 0 Å². The third-order valence-corrected chi connectivity index (χ3v) is 3.42. The van der Waals surface area contributed by atoms with Gasteiger partial charge in [-0.25, -0.2) is 4.98 Å². The lowest BCUT2D eigenvalue weighted by atomic mass is 10.3. The molecule has 5 nitrogen and oxygen atoms in total. The van der Waals surface area contributed by atoms with Crippen LogP contribution in [0, 0.1) is 11.3 Å². The molecule has 0 spiro atoms. The molecular formula is C14H16N4O. The van der Waals surface area contributed by atoms with Gasteiger partial charge in [0.1, 0.15) is 5.82 Å². The highest BCUT2D eigenvalue weighted by atomic mass is 16.5. The zero-order chi connectivity index (χ0) is 13.1. The number of hydrogen-bond donors (Lipinski definition) is 0. The first kappa shape index (κ1) is 12.2. The van der Waals surface area contributed by atoms with Gasteiger partial charge in [0.15, 0.2) is 0 Å². The molecule has 0 bridgehead atoms. The number of ether oxygens (including phenoxy) is 1. The van der Waals surface area contributed by atoms with E-state index in [9.17, 15) is 0 Å². The van der Waals surface area contributed by atoms with E-state index in [-0.39, 0.29) is 0 Å². The van der Waals surface area contributed by atoms with Crippen LogP contribution in [0.15, 0.2) is 24.3 Å². The number of fused-ring (bicyclic) bond motifs is 1. The monoisotopic (exact) mass is 256 g/mol. The van der Waals surface area contributed by atoms with E-state index in [2.05, 4.69) is 26.6 Å². The zero-order valence-electron chi connectivity index (χ0n) is 10.7. The molecule has 2 heterocycles. The van der Waals surface area contributed by atoms with Crippen molar-refractivity contribution in [1.29, 1.82) is 5.26 Å². The van der Waals surface area contributed by atoms with Crippen LogP contribution in [0.25, 0.3) is 11.0 Å². The Kier molecular flexibility index (Phi) is 3.45. The molecule has 1 fully saturated rings. The van der Waals surface area contributed by atoms with Gasteiger partial charge in [0, 0.05) is 13.1 Å². The average Bonchev–Trinajstić information content (AvgIpc) is 2.79. The number of nitriles is 1. The van der Waals surface area contributed by atoms with Crippen molar-refractivity contribution >= 4 is 11.0 Å². The highest BCUT2D eigenvalue weighted by molar-refractivity contribution is 5.75. The molecule has 0 amide bonds. The number of rotatable bonds is 3. The summed E-state index contributed by atoms with van der Waals surface area (Å²) in [6.45, 7) is 4.19. The number of benzene rings is 1. The number of aromatic nitrogens is 2. The molecule has 19 heavy (non-hydrogen) atoms. The summed E-state index contributed by atoms with van der Waals surface area (Å²) >= 11 is 0. The molecule has 0 atom stereocenters. The highest BCUT2D eigenvalue weighted by Crippen LogP contribution is 2.17. The molecule has 0 saturated carbocycles. The summed E-state index contributed by atoms with van der Waals surface area (Å²) in [4.78, 5) is 6.88. The van der Waals surface area contributed by atoms with Gasteiger partial charge in [-0.3, -0.25) is 4.90 Å². The fourth-order valence-corrected chi connectivity index (χ4v) is 2.43. The minimum absolute atomic E-state index is 0.346. The van der Waals surface area contributed by atoms with E-state index >= 15 is 0 Å². The fraction of sp³-hybridized carbons (Fsp3) is 0.429. The Bertz CT molecular complexity index is 607. The topological polar surface area (TPSA) is 54.1 Å². The summed E-state index contributed by atoms with van der Waals surface area (Å²) in [7, 11) is 0. The maximum Gasteiger partial charge on any atom is 0.125 e. The molecular weight excluding hydrogens is 240 g/mol. The molecule has 0 radical (unpaired) electrons. The zero-order valence-corrected chi connectivity index (χ0v) is 10.7. The Morgan fingerprint density at radius 3 is 2.84 bits per heavy atom. The van der Waals surface area contributed by atoms with E-state index in [0.29, 0.717) is 6.42 Å². The first-order valence-electron chi connectivity index (χ1n) is 6.49. The molecule has 1 aromatic heterocycles. The quantitative estimate of drug-likeness (QED) is 0.832. The third kappa shape index (κ3) is 2.46. The van der Waals surface area contributed by atoms with E-state index in [1.165, 1.54) is 0 Å². The van der Waals surface area contributed by atoms with Crippen LogP contribution in [0.4, 0.5) is 0 Å². The van der Waals surface area contributed by atoms with E-state index in [1.807, 2.05) is 18.2 Å². The van der Waals surface area contributed by atoms with Crippen LogP contribution in [-0.2, 0) is 17.8 Å². The van der Waals surface area contributed by atoms with Gasteiger partial charge in [-0.2, -0.15) is 5.26 Å². The number of morpholine rings is 1. The summed E-state index contributed by atoms with van der Waals surface area (Å²) < 4.78 is 7.51. The van der Waals surface area contributed by atoms with Crippen molar-refractivity contribution in [1.82, 2.24) is 14.5 Å². The molecule has 1 aliphatic heterocycles. The lowest BCUT2D eigenvalue weighted by Gasteiger charge is -2.27. The van der Waals surface area contributed by atoms with Crippen molar-refractivity contribution in [3.63, 3.8) is 0 Å². The smallest absolute Gasteiger partial charge is 0.125 e. The average molecular weight is 256 g/mol. The van der Waals surface area contributed by atoms with E-state index in [0.717, 1.165) is 49.8 Å². The first-order chi connectivity index (χ1) is 9.38. The van der Waals surface area contributed by atoms with Crippen LogP contribution in [-0.4, -0.2) is 40.8 Å². The Hall–Kier alpha value is -1.90. The molecule has 0 N–H and O–H groups in total. The fourth-order valence-electron chi connectivity index (χ4n) is 2.43. The summed E-state index contributed by atoms with van der Waals surface area (Å²) in [5, 5.41) is 8.94. The largest absolute Gasteiger partial charge is 0.379 e. The molecule has 1 saturated heterocycles. The molecule has 0 unspecified atom stereocenters. The second-order valence-electron chi connectivity index (χ2n) is 4.65. The van der Waals surface area contributed by atoms with Gasteiger partial charge in [-0.15, -0.1) is 0 Å². The van der Waals surface area contributed by atoms with Crippen LogP contribution >= 0.6 is 0 Å². The minimum Gasteiger partial charge on any atom is -0.379 e. The van der Waals surface area contributed by atoms with Gasteiger partial charge in [0.05, 0.1) is 43.4 Å². The summed E-state index contributed by atoms with van der Waals surface area (Å²) in [5.41, 5.74) is 2.06. The van der Waals surface area contributed by atoms with Crippen molar-refractivity contribution < 1.29 is 4.74 Å². The first-order valence-corrected chi connectivity index (χ1v) is 6.49. The van der Waals surface area contributed by atoms with Gasteiger partial charge in [-0.05, 0) is 12.1 Å². The lowest BCUT2D eigenvalue weighted by Crippen LogP contribution is -2.37. The second kappa shape index (κ2) is 5.39. The van der Waals surface area contributed by atoms with Crippen LogP contribution in [0.1, 0.15) is 5.82 Å². The van der Waals surface area contributed by atoms with Crippen LogP contribution in [0.2, 0.25) is 0 Å². The van der Waals surface area contributed by atoms with Crippen LogP contribution in [0.3, 0.4) is 0 Å². The molecule has 1 aliphatic rings. The van der Waals surface area contributed by atoms with Crippen LogP contribution in [0.5, 0.6) is 0 Å². The van der Waals surface area contributed by atoms with Crippen molar-refractivity contribution in [3.8, 4) is 6.07 Å². The summed E-state index contributed by atoms with van der Waals surface area (Å²) in [5.74, 6) is 0.843. The predicted octanol–water partition coefficient (Wildman–Crippen LogP) is 1.39. The molecule has 3 rings (SSSR count). The highest BCUT2D eigenvalue weighted by Gasteiger charge is 2.15. The second-order valence-corrected chi connectivity index (χ2v) is 4.65. The molecule has 98 valence electrons. The van der Waals surface area contributed by atoms with Gasteiger partial charge >= 0.3 is 0 Å².